The molecule has 1 atom stereocenters. The molecule has 0 radical (unpaired) electrons. The number of hydrogen-bond donors (Lipinski definition) is 1. The number of carbonyl (C=O) groups excluding carboxylic acids is 1. The zero-order valence-electron chi connectivity index (χ0n) is 14.2. The van der Waals surface area contributed by atoms with Crippen LogP contribution in [0.4, 0.5) is 4.39 Å². The molecule has 1 N–H and O–H groups in total. The van der Waals surface area contributed by atoms with Crippen molar-refractivity contribution in [3.05, 3.63) is 53.6 Å². The zero-order chi connectivity index (χ0) is 17.9. The van der Waals surface area contributed by atoms with Crippen LogP contribution in [0, 0.1) is 12.7 Å². The minimum absolute atomic E-state index is 0.0801. The number of morpholine rings is 1. The molecule has 1 saturated heterocycles. The minimum Gasteiger partial charge on any atom is -0.393 e. The van der Waals surface area contributed by atoms with E-state index in [1.54, 1.807) is 27.9 Å². The molecule has 6 nitrogen and oxygen atoms in total. The summed E-state index contributed by atoms with van der Waals surface area (Å²) in [6.07, 6.45) is 3.85. The highest BCUT2D eigenvalue weighted by Gasteiger charge is 2.38. The van der Waals surface area contributed by atoms with Crippen LogP contribution in [0.15, 0.2) is 36.7 Å². The van der Waals surface area contributed by atoms with Gasteiger partial charge in [0.2, 0.25) is 5.91 Å². The van der Waals surface area contributed by atoms with Crippen molar-refractivity contribution >= 4 is 5.91 Å². The molecule has 3 rings (SSSR count). The van der Waals surface area contributed by atoms with Crippen molar-refractivity contribution in [1.29, 1.82) is 0 Å². The summed E-state index contributed by atoms with van der Waals surface area (Å²) in [6.45, 7) is 2.88. The van der Waals surface area contributed by atoms with Gasteiger partial charge in [-0.25, -0.2) is 4.39 Å². The van der Waals surface area contributed by atoms with E-state index >= 15 is 0 Å². The number of benzene rings is 1. The molecule has 1 aliphatic rings. The summed E-state index contributed by atoms with van der Waals surface area (Å²) in [5.41, 5.74) is 0.804. The van der Waals surface area contributed by atoms with E-state index in [9.17, 15) is 14.3 Å². The number of ether oxygens (including phenoxy) is 1. The topological polar surface area (TPSA) is 67.6 Å². The third kappa shape index (κ3) is 4.24. The lowest BCUT2D eigenvalue weighted by atomic mass is 9.93. The van der Waals surface area contributed by atoms with E-state index in [2.05, 4.69) is 5.10 Å². The summed E-state index contributed by atoms with van der Waals surface area (Å²) >= 11 is 0. The van der Waals surface area contributed by atoms with Gasteiger partial charge in [0.15, 0.2) is 0 Å². The number of halogens is 1. The quantitative estimate of drug-likeness (QED) is 0.881. The van der Waals surface area contributed by atoms with E-state index in [1.807, 2.05) is 13.1 Å². The lowest BCUT2D eigenvalue weighted by Crippen LogP contribution is -2.57. The molecule has 1 aliphatic heterocycles. The lowest BCUT2D eigenvalue weighted by molar-refractivity contribution is -0.158. The fraction of sp³-hybridized carbons (Fsp3) is 0.444. The molecule has 1 fully saturated rings. The third-order valence-electron chi connectivity index (χ3n) is 4.36. The number of aliphatic hydroxyl groups excluding tert-OH is 1. The number of rotatable bonds is 5. The maximum atomic E-state index is 13.4. The molecule has 7 heteroatoms. The van der Waals surface area contributed by atoms with Gasteiger partial charge in [-0.2, -0.15) is 5.10 Å². The Morgan fingerprint density at radius 2 is 2.32 bits per heavy atom. The Labute approximate surface area is 145 Å². The van der Waals surface area contributed by atoms with Crippen LogP contribution in [-0.4, -0.2) is 57.6 Å². The summed E-state index contributed by atoms with van der Waals surface area (Å²) in [6, 6.07) is 6.21. The number of aromatic nitrogens is 2. The van der Waals surface area contributed by atoms with E-state index < -0.39 is 5.60 Å². The van der Waals surface area contributed by atoms with E-state index in [0.717, 1.165) is 11.1 Å². The summed E-state index contributed by atoms with van der Waals surface area (Å²) in [7, 11) is 0. The largest absolute Gasteiger partial charge is 0.393 e. The second-order valence-electron chi connectivity index (χ2n) is 6.53. The first-order chi connectivity index (χ1) is 12.0. The van der Waals surface area contributed by atoms with Crippen LogP contribution in [0.3, 0.4) is 0 Å². The number of carbonyl (C=O) groups is 1. The molecule has 2 heterocycles. The predicted molar refractivity (Wildman–Crippen MR) is 89.4 cm³/mol. The van der Waals surface area contributed by atoms with Gasteiger partial charge in [0, 0.05) is 19.2 Å². The number of nitrogens with zero attached hydrogens (tertiary/aromatic N) is 3. The summed E-state index contributed by atoms with van der Waals surface area (Å²) in [4.78, 5) is 14.2. The van der Waals surface area contributed by atoms with Crippen LogP contribution in [0.5, 0.6) is 0 Å². The highest BCUT2D eigenvalue weighted by Crippen LogP contribution is 2.23. The fourth-order valence-electron chi connectivity index (χ4n) is 3.13. The zero-order valence-corrected chi connectivity index (χ0v) is 14.2. The molecule has 25 heavy (non-hydrogen) atoms. The second-order valence-corrected chi connectivity index (χ2v) is 6.53. The highest BCUT2D eigenvalue weighted by molar-refractivity contribution is 5.76. The van der Waals surface area contributed by atoms with Crippen molar-refractivity contribution in [3.63, 3.8) is 0 Å². The standard InChI is InChI=1S/C18H22FN3O3/c1-14-9-20-22(10-14)11-17(24)21-5-6-25-18(12-21,13-23)8-15-3-2-4-16(19)7-15/h2-4,7,9-10,23H,5-6,8,11-13H2,1H3/t18-/m0/s1. The van der Waals surface area contributed by atoms with Crippen LogP contribution in [-0.2, 0) is 22.5 Å². The van der Waals surface area contributed by atoms with Crippen molar-refractivity contribution in [2.45, 2.75) is 25.5 Å². The van der Waals surface area contributed by atoms with Crippen molar-refractivity contribution in [3.8, 4) is 0 Å². The van der Waals surface area contributed by atoms with E-state index in [1.165, 1.54) is 12.1 Å². The average Bonchev–Trinajstić information content (AvgIpc) is 3.00. The van der Waals surface area contributed by atoms with Crippen LogP contribution in [0.2, 0.25) is 0 Å². The first-order valence-corrected chi connectivity index (χ1v) is 8.26. The summed E-state index contributed by atoms with van der Waals surface area (Å²) in [5.74, 6) is -0.410. The molecular weight excluding hydrogens is 325 g/mol. The van der Waals surface area contributed by atoms with Crippen LogP contribution in [0.1, 0.15) is 11.1 Å². The Morgan fingerprint density at radius 3 is 3.00 bits per heavy atom. The highest BCUT2D eigenvalue weighted by atomic mass is 19.1. The molecule has 2 aromatic rings. The molecule has 0 bridgehead atoms. The molecule has 134 valence electrons. The Balaban J connectivity index is 1.70. The molecule has 0 unspecified atom stereocenters. The van der Waals surface area contributed by atoms with Crippen LogP contribution in [0.25, 0.3) is 0 Å². The van der Waals surface area contributed by atoms with Crippen molar-refractivity contribution in [2.75, 3.05) is 26.3 Å². The van der Waals surface area contributed by atoms with Gasteiger partial charge in [0.25, 0.3) is 0 Å². The third-order valence-corrected chi connectivity index (χ3v) is 4.36. The van der Waals surface area contributed by atoms with Gasteiger partial charge in [-0.1, -0.05) is 12.1 Å². The van der Waals surface area contributed by atoms with Gasteiger partial charge < -0.3 is 14.7 Å². The molecule has 0 saturated carbocycles. The normalized spacial score (nSPS) is 20.7. The molecule has 1 aromatic carbocycles. The summed E-state index contributed by atoms with van der Waals surface area (Å²) < 4.78 is 20.8. The smallest absolute Gasteiger partial charge is 0.244 e. The van der Waals surface area contributed by atoms with Crippen LogP contribution >= 0.6 is 0 Å². The number of amides is 1. The Bertz CT molecular complexity index is 749. The minimum atomic E-state index is -0.915. The van der Waals surface area contributed by atoms with Crippen LogP contribution < -0.4 is 0 Å². The van der Waals surface area contributed by atoms with Crippen molar-refractivity contribution in [1.82, 2.24) is 14.7 Å². The van der Waals surface area contributed by atoms with Crippen molar-refractivity contribution < 1.29 is 19.0 Å². The number of aryl methyl sites for hydroxylation is 1. The molecule has 0 aliphatic carbocycles. The van der Waals surface area contributed by atoms with Gasteiger partial charge in [0.1, 0.15) is 18.0 Å². The first-order valence-electron chi connectivity index (χ1n) is 8.26. The van der Waals surface area contributed by atoms with Gasteiger partial charge in [-0.05, 0) is 30.2 Å². The van der Waals surface area contributed by atoms with Gasteiger partial charge in [0.05, 0.1) is 26.0 Å². The predicted octanol–water partition coefficient (Wildman–Crippen LogP) is 1.16. The Hall–Kier alpha value is -2.25. The van der Waals surface area contributed by atoms with Crippen molar-refractivity contribution in [2.24, 2.45) is 0 Å². The molecule has 1 aromatic heterocycles. The molecular formula is C18H22FN3O3. The monoisotopic (exact) mass is 347 g/mol. The van der Waals surface area contributed by atoms with E-state index in [-0.39, 0.29) is 31.4 Å². The number of aliphatic hydroxyl groups is 1. The van der Waals surface area contributed by atoms with Gasteiger partial charge in [-0.3, -0.25) is 9.48 Å². The fourth-order valence-corrected chi connectivity index (χ4v) is 3.13. The van der Waals surface area contributed by atoms with Gasteiger partial charge in [-0.15, -0.1) is 0 Å². The Kier molecular flexibility index (Phi) is 5.15. The molecule has 0 spiro atoms. The Morgan fingerprint density at radius 1 is 1.48 bits per heavy atom. The number of hydrogen-bond acceptors (Lipinski definition) is 4. The maximum absolute atomic E-state index is 13.4. The first kappa shape index (κ1) is 17.6. The average molecular weight is 347 g/mol. The SMILES string of the molecule is Cc1cnn(CC(=O)N2CCO[C@@](CO)(Cc3cccc(F)c3)C2)c1. The van der Waals surface area contributed by atoms with Gasteiger partial charge >= 0.3 is 0 Å². The van der Waals surface area contributed by atoms with E-state index in [0.29, 0.717) is 19.6 Å². The second kappa shape index (κ2) is 7.33. The summed E-state index contributed by atoms with van der Waals surface area (Å²) in [5, 5.41) is 14.0. The molecule has 1 amide bonds. The van der Waals surface area contributed by atoms with E-state index in [4.69, 9.17) is 4.74 Å². The lowest BCUT2D eigenvalue weighted by Gasteiger charge is -2.42. The maximum Gasteiger partial charge on any atom is 0.244 e.